The fraction of sp³-hybridized carbons (Fsp3) is 0.333. The predicted molar refractivity (Wildman–Crippen MR) is 80.6 cm³/mol. The number of nitrogens with zero attached hydrogens (tertiary/aromatic N) is 2. The zero-order chi connectivity index (χ0) is 14.8. The number of halogens is 1. The summed E-state index contributed by atoms with van der Waals surface area (Å²) >= 11 is 3.50. The summed E-state index contributed by atoms with van der Waals surface area (Å²) in [6.07, 6.45) is 2.43. The van der Waals surface area contributed by atoms with Crippen LogP contribution < -0.4 is 0 Å². The normalized spacial score (nSPS) is 18.0. The summed E-state index contributed by atoms with van der Waals surface area (Å²) in [6.45, 7) is 1.75. The molecule has 6 heteroatoms. The van der Waals surface area contributed by atoms with Crippen LogP contribution >= 0.6 is 15.9 Å². The Bertz CT molecular complexity index is 663. The van der Waals surface area contributed by atoms with Crippen LogP contribution in [0.1, 0.15) is 34.0 Å². The molecule has 1 aliphatic rings. The van der Waals surface area contributed by atoms with E-state index in [9.17, 15) is 9.90 Å². The maximum atomic E-state index is 11.4. The van der Waals surface area contributed by atoms with Gasteiger partial charge >= 0.3 is 5.97 Å². The number of hydrogen-bond acceptors (Lipinski definition) is 3. The minimum Gasteiger partial charge on any atom is -0.478 e. The van der Waals surface area contributed by atoms with Gasteiger partial charge in [0.05, 0.1) is 18.8 Å². The van der Waals surface area contributed by atoms with Crippen LogP contribution in [0.25, 0.3) is 0 Å². The molecule has 1 fully saturated rings. The molecule has 0 aliphatic carbocycles. The molecule has 5 nitrogen and oxygen atoms in total. The fourth-order valence-electron chi connectivity index (χ4n) is 2.53. The Morgan fingerprint density at radius 2 is 2.29 bits per heavy atom. The lowest BCUT2D eigenvalue weighted by molar-refractivity contribution is 0.0695. The predicted octanol–water partition coefficient (Wildman–Crippen LogP) is 2.90. The SMILES string of the molecule is O=C(O)c1cn(Cc2ccccc2Br)nc1C1CCOC1. The average Bonchev–Trinajstić information content (AvgIpc) is 3.10. The van der Waals surface area contributed by atoms with Crippen molar-refractivity contribution in [3.05, 3.63) is 51.8 Å². The van der Waals surface area contributed by atoms with Gasteiger partial charge in [-0.15, -0.1) is 0 Å². The van der Waals surface area contributed by atoms with Gasteiger partial charge in [-0.05, 0) is 18.1 Å². The van der Waals surface area contributed by atoms with Crippen molar-refractivity contribution in [2.45, 2.75) is 18.9 Å². The lowest BCUT2D eigenvalue weighted by Gasteiger charge is -2.06. The summed E-state index contributed by atoms with van der Waals surface area (Å²) in [7, 11) is 0. The Labute approximate surface area is 130 Å². The van der Waals surface area contributed by atoms with Crippen LogP contribution in [0, 0.1) is 0 Å². The maximum absolute atomic E-state index is 11.4. The molecule has 3 rings (SSSR count). The number of benzene rings is 1. The summed E-state index contributed by atoms with van der Waals surface area (Å²) < 4.78 is 8.02. The molecule has 1 saturated heterocycles. The van der Waals surface area contributed by atoms with E-state index in [1.165, 1.54) is 0 Å². The molecule has 0 bridgehead atoms. The van der Waals surface area contributed by atoms with Crippen molar-refractivity contribution in [3.63, 3.8) is 0 Å². The van der Waals surface area contributed by atoms with Crippen LogP contribution in [0.15, 0.2) is 34.9 Å². The molecule has 21 heavy (non-hydrogen) atoms. The number of aromatic nitrogens is 2. The second-order valence-electron chi connectivity index (χ2n) is 5.08. The molecular weight excluding hydrogens is 336 g/mol. The van der Waals surface area contributed by atoms with E-state index in [1.54, 1.807) is 10.9 Å². The van der Waals surface area contributed by atoms with E-state index < -0.39 is 5.97 Å². The van der Waals surface area contributed by atoms with Gasteiger partial charge in [0.25, 0.3) is 0 Å². The van der Waals surface area contributed by atoms with Crippen molar-refractivity contribution in [2.24, 2.45) is 0 Å². The molecule has 0 radical (unpaired) electrons. The van der Waals surface area contributed by atoms with E-state index in [-0.39, 0.29) is 11.5 Å². The Morgan fingerprint density at radius 1 is 1.48 bits per heavy atom. The van der Waals surface area contributed by atoms with Gasteiger partial charge in [0.15, 0.2) is 0 Å². The third-order valence-corrected chi connectivity index (χ3v) is 4.40. The van der Waals surface area contributed by atoms with Crippen LogP contribution in [0.5, 0.6) is 0 Å². The first-order chi connectivity index (χ1) is 10.1. The first kappa shape index (κ1) is 14.3. The number of rotatable bonds is 4. The van der Waals surface area contributed by atoms with Crippen molar-refractivity contribution in [3.8, 4) is 0 Å². The first-order valence-corrected chi connectivity index (χ1v) is 7.56. The van der Waals surface area contributed by atoms with E-state index in [0.29, 0.717) is 25.5 Å². The van der Waals surface area contributed by atoms with Crippen molar-refractivity contribution in [1.29, 1.82) is 0 Å². The fourth-order valence-corrected chi connectivity index (χ4v) is 2.95. The molecule has 1 unspecified atom stereocenters. The van der Waals surface area contributed by atoms with Gasteiger partial charge in [-0.25, -0.2) is 4.79 Å². The smallest absolute Gasteiger partial charge is 0.339 e. The van der Waals surface area contributed by atoms with Gasteiger partial charge in [-0.1, -0.05) is 34.1 Å². The summed E-state index contributed by atoms with van der Waals surface area (Å²) in [5.74, 6) is -0.855. The van der Waals surface area contributed by atoms with Crippen LogP contribution in [-0.4, -0.2) is 34.1 Å². The molecular formula is C15H15BrN2O3. The minimum absolute atomic E-state index is 0.0802. The standard InChI is InChI=1S/C15H15BrN2O3/c16-13-4-2-1-3-10(13)7-18-8-12(15(19)20)14(17-18)11-5-6-21-9-11/h1-4,8,11H,5-7,9H2,(H,19,20). The second-order valence-corrected chi connectivity index (χ2v) is 5.94. The molecule has 0 amide bonds. The van der Waals surface area contributed by atoms with Crippen LogP contribution in [0.4, 0.5) is 0 Å². The molecule has 1 atom stereocenters. The van der Waals surface area contributed by atoms with Crippen molar-refractivity contribution < 1.29 is 14.6 Å². The molecule has 1 N–H and O–H groups in total. The quantitative estimate of drug-likeness (QED) is 0.920. The molecule has 2 aromatic rings. The summed E-state index contributed by atoms with van der Waals surface area (Å²) in [6, 6.07) is 7.85. The van der Waals surface area contributed by atoms with Crippen molar-refractivity contribution >= 4 is 21.9 Å². The molecule has 110 valence electrons. The van der Waals surface area contributed by atoms with Crippen LogP contribution in [0.3, 0.4) is 0 Å². The highest BCUT2D eigenvalue weighted by atomic mass is 79.9. The highest BCUT2D eigenvalue weighted by molar-refractivity contribution is 9.10. The third-order valence-electron chi connectivity index (χ3n) is 3.63. The third kappa shape index (κ3) is 3.01. The molecule has 1 aromatic carbocycles. The molecule has 1 aliphatic heterocycles. The van der Waals surface area contributed by atoms with Gasteiger partial charge in [0.1, 0.15) is 5.56 Å². The zero-order valence-electron chi connectivity index (χ0n) is 11.3. The van der Waals surface area contributed by atoms with E-state index in [1.807, 2.05) is 24.3 Å². The monoisotopic (exact) mass is 350 g/mol. The molecule has 1 aromatic heterocycles. The average molecular weight is 351 g/mol. The Balaban J connectivity index is 1.91. The van der Waals surface area contributed by atoms with Crippen molar-refractivity contribution in [1.82, 2.24) is 9.78 Å². The Morgan fingerprint density at radius 3 is 2.95 bits per heavy atom. The number of ether oxygens (including phenoxy) is 1. The minimum atomic E-state index is -0.935. The summed E-state index contributed by atoms with van der Waals surface area (Å²) in [4.78, 5) is 11.4. The van der Waals surface area contributed by atoms with Gasteiger partial charge in [0, 0.05) is 23.2 Å². The number of carboxylic acids is 1. The summed E-state index contributed by atoms with van der Waals surface area (Å²) in [5.41, 5.74) is 1.97. The maximum Gasteiger partial charge on any atom is 0.339 e. The number of hydrogen-bond donors (Lipinski definition) is 1. The van der Waals surface area contributed by atoms with E-state index >= 15 is 0 Å². The molecule has 0 spiro atoms. The number of carbonyl (C=O) groups is 1. The molecule has 2 heterocycles. The van der Waals surface area contributed by atoms with E-state index in [2.05, 4.69) is 21.0 Å². The van der Waals surface area contributed by atoms with Crippen LogP contribution in [0.2, 0.25) is 0 Å². The number of carboxylic acid groups (broad SMARTS) is 1. The lowest BCUT2D eigenvalue weighted by atomic mass is 10.0. The lowest BCUT2D eigenvalue weighted by Crippen LogP contribution is -2.06. The van der Waals surface area contributed by atoms with Gasteiger partial charge in [0.2, 0.25) is 0 Å². The van der Waals surface area contributed by atoms with E-state index in [0.717, 1.165) is 16.5 Å². The first-order valence-electron chi connectivity index (χ1n) is 6.77. The topological polar surface area (TPSA) is 64.3 Å². The zero-order valence-corrected chi connectivity index (χ0v) is 12.9. The highest BCUT2D eigenvalue weighted by Crippen LogP contribution is 2.27. The largest absolute Gasteiger partial charge is 0.478 e. The van der Waals surface area contributed by atoms with Crippen molar-refractivity contribution in [2.75, 3.05) is 13.2 Å². The van der Waals surface area contributed by atoms with E-state index in [4.69, 9.17) is 4.74 Å². The summed E-state index contributed by atoms with van der Waals surface area (Å²) in [5, 5.41) is 13.8. The Kier molecular flexibility index (Phi) is 4.07. The van der Waals surface area contributed by atoms with Gasteiger partial charge in [-0.2, -0.15) is 5.10 Å². The second kappa shape index (κ2) is 5.99. The molecule has 0 saturated carbocycles. The van der Waals surface area contributed by atoms with Gasteiger partial charge in [-0.3, -0.25) is 4.68 Å². The highest BCUT2D eigenvalue weighted by Gasteiger charge is 2.26. The van der Waals surface area contributed by atoms with Crippen LogP contribution in [-0.2, 0) is 11.3 Å². The van der Waals surface area contributed by atoms with Gasteiger partial charge < -0.3 is 9.84 Å². The Hall–Kier alpha value is -1.66. The number of aromatic carboxylic acids is 1.